The number of ether oxygens (including phenoxy) is 2. The summed E-state index contributed by atoms with van der Waals surface area (Å²) in [7, 11) is 3.75. The highest BCUT2D eigenvalue weighted by Crippen LogP contribution is 2.58. The van der Waals surface area contributed by atoms with Crippen LogP contribution in [-0.2, 0) is 10.9 Å². The fraction of sp³-hybridized carbons (Fsp3) is 0.472. The number of carbonyl (C=O) groups is 2. The van der Waals surface area contributed by atoms with E-state index in [2.05, 4.69) is 5.32 Å². The second-order valence-corrected chi connectivity index (χ2v) is 13.5. The Balaban J connectivity index is 0.00000451. The monoisotopic (exact) mass is 687 g/mol. The Morgan fingerprint density at radius 1 is 0.979 bits per heavy atom. The zero-order chi connectivity index (χ0) is 33.5. The van der Waals surface area contributed by atoms with E-state index in [0.29, 0.717) is 41.6 Å². The summed E-state index contributed by atoms with van der Waals surface area (Å²) in [4.78, 5) is 32.6. The van der Waals surface area contributed by atoms with Gasteiger partial charge in [-0.3, -0.25) is 4.79 Å². The molecule has 1 aromatic heterocycles. The van der Waals surface area contributed by atoms with Crippen molar-refractivity contribution in [3.63, 3.8) is 0 Å². The van der Waals surface area contributed by atoms with Crippen LogP contribution in [0.3, 0.4) is 0 Å². The maximum atomic E-state index is 14.0. The third-order valence-electron chi connectivity index (χ3n) is 10.0. The first-order chi connectivity index (χ1) is 22.3. The molecule has 12 heteroatoms. The lowest BCUT2D eigenvalue weighted by Crippen LogP contribution is -2.68. The van der Waals surface area contributed by atoms with Gasteiger partial charge in [-0.25, -0.2) is 9.78 Å². The molecule has 0 unspecified atom stereocenters. The number of nitrogens with zero attached hydrogens (tertiary/aromatic N) is 2. The Morgan fingerprint density at radius 3 is 2.25 bits per heavy atom. The van der Waals surface area contributed by atoms with Crippen LogP contribution >= 0.6 is 12.4 Å². The maximum absolute atomic E-state index is 14.0. The number of carboxylic acid groups (broad SMARTS) is 1. The minimum absolute atomic E-state index is 0. The second-order valence-electron chi connectivity index (χ2n) is 13.5. The van der Waals surface area contributed by atoms with Crippen molar-refractivity contribution in [2.45, 2.75) is 57.3 Å². The Morgan fingerprint density at radius 2 is 1.65 bits per heavy atom. The molecule has 0 saturated heterocycles. The van der Waals surface area contributed by atoms with Gasteiger partial charge in [-0.05, 0) is 107 Å². The molecule has 0 atom stereocenters. The van der Waals surface area contributed by atoms with Crippen molar-refractivity contribution < 1.29 is 37.3 Å². The lowest BCUT2D eigenvalue weighted by atomic mass is 9.52. The van der Waals surface area contributed by atoms with Gasteiger partial charge in [0.15, 0.2) is 5.72 Å². The summed E-state index contributed by atoms with van der Waals surface area (Å²) >= 11 is 0. The van der Waals surface area contributed by atoms with Crippen LogP contribution in [0.2, 0.25) is 0 Å². The molecule has 1 heterocycles. The van der Waals surface area contributed by atoms with E-state index < -0.39 is 29.5 Å². The molecule has 7 rings (SSSR count). The Kier molecular flexibility index (Phi) is 10.3. The number of hydrogen-bond donors (Lipinski definition) is 2. The van der Waals surface area contributed by atoms with Crippen LogP contribution in [0.5, 0.6) is 5.75 Å². The highest BCUT2D eigenvalue weighted by molar-refractivity contribution is 5.95. The van der Waals surface area contributed by atoms with Crippen molar-refractivity contribution in [1.82, 2.24) is 15.2 Å². The number of aromatic nitrogens is 1. The molecular formula is C36H41ClF3N3O5. The standard InChI is InChI=1S/C36H40F3N3O5.ClH/c1-21-7-4-5-8-27(21)28-10-12-30(33(43)41-35(47-34(44)45)25-16-22-15-23(18-25)19-26(35)17-22)40-32(28)24-9-11-29(36(37,38)39)31(20-24)46-14-6-13-42(2)3;/h4-5,7-12,20,22-23,25-26H,6,13-19H2,1-3H3,(H,41,43)(H,44,45);1H. The van der Waals surface area contributed by atoms with E-state index in [9.17, 15) is 27.9 Å². The average Bonchev–Trinajstić information content (AvgIpc) is 3.00. The van der Waals surface area contributed by atoms with Crippen LogP contribution < -0.4 is 10.1 Å². The number of alkyl halides is 3. The lowest BCUT2D eigenvalue weighted by molar-refractivity contribution is -0.191. The molecule has 258 valence electrons. The molecule has 4 fully saturated rings. The SMILES string of the molecule is Cc1ccccc1-c1ccc(C(=O)NC2(OC(=O)O)C3CC4CC(C3)CC2C4)nc1-c1ccc(C(F)(F)F)c(OCCCN(C)C)c1.Cl. The van der Waals surface area contributed by atoms with Crippen LogP contribution in [0.1, 0.15) is 60.1 Å². The minimum atomic E-state index is -4.64. The quantitative estimate of drug-likeness (QED) is 0.126. The Hall–Kier alpha value is -3.83. The van der Waals surface area contributed by atoms with Gasteiger partial charge >= 0.3 is 12.3 Å². The number of hydrogen-bond acceptors (Lipinski definition) is 6. The molecule has 3 aromatic rings. The molecule has 0 spiro atoms. The van der Waals surface area contributed by atoms with E-state index in [4.69, 9.17) is 14.5 Å². The van der Waals surface area contributed by atoms with Crippen molar-refractivity contribution in [3.8, 4) is 28.1 Å². The van der Waals surface area contributed by atoms with Crippen LogP contribution in [0, 0.1) is 30.6 Å². The number of amides is 1. The van der Waals surface area contributed by atoms with Crippen LogP contribution in [0.4, 0.5) is 18.0 Å². The molecule has 8 nitrogen and oxygen atoms in total. The first-order valence-corrected chi connectivity index (χ1v) is 16.1. The van der Waals surface area contributed by atoms with Crippen molar-refractivity contribution >= 4 is 24.5 Å². The van der Waals surface area contributed by atoms with Gasteiger partial charge in [-0.2, -0.15) is 13.2 Å². The third-order valence-corrected chi connectivity index (χ3v) is 10.0. The highest BCUT2D eigenvalue weighted by atomic mass is 35.5. The van der Waals surface area contributed by atoms with Gasteiger partial charge in [0.2, 0.25) is 0 Å². The van der Waals surface area contributed by atoms with Crippen molar-refractivity contribution in [2.24, 2.45) is 23.7 Å². The summed E-state index contributed by atoms with van der Waals surface area (Å²) in [5.41, 5.74) is 0.763. The van der Waals surface area contributed by atoms with Gasteiger partial charge in [0.05, 0.1) is 17.9 Å². The smallest absolute Gasteiger partial charge is 0.493 e. The molecule has 4 saturated carbocycles. The van der Waals surface area contributed by atoms with E-state index in [1.165, 1.54) is 12.1 Å². The van der Waals surface area contributed by atoms with Crippen LogP contribution in [0.25, 0.3) is 22.4 Å². The van der Waals surface area contributed by atoms with Crippen molar-refractivity contribution in [3.05, 3.63) is 71.4 Å². The van der Waals surface area contributed by atoms with Crippen molar-refractivity contribution in [1.29, 1.82) is 0 Å². The lowest BCUT2D eigenvalue weighted by Gasteiger charge is -2.59. The van der Waals surface area contributed by atoms with Crippen molar-refractivity contribution in [2.75, 3.05) is 27.2 Å². The second kappa shape index (κ2) is 14.0. The summed E-state index contributed by atoms with van der Waals surface area (Å²) in [5, 5.41) is 12.7. The van der Waals surface area contributed by atoms with Crippen LogP contribution in [0.15, 0.2) is 54.6 Å². The first-order valence-electron chi connectivity index (χ1n) is 16.1. The van der Waals surface area contributed by atoms with E-state index >= 15 is 0 Å². The number of rotatable bonds is 10. The van der Waals surface area contributed by atoms with Gasteiger partial charge in [-0.15, -0.1) is 12.4 Å². The summed E-state index contributed by atoms with van der Waals surface area (Å²) in [6.07, 6.45) is -1.28. The van der Waals surface area contributed by atoms with Gasteiger partial charge in [0.25, 0.3) is 5.91 Å². The minimum Gasteiger partial charge on any atom is -0.493 e. The zero-order valence-corrected chi connectivity index (χ0v) is 28.0. The fourth-order valence-electron chi connectivity index (χ4n) is 8.15. The summed E-state index contributed by atoms with van der Waals surface area (Å²) < 4.78 is 53.4. The zero-order valence-electron chi connectivity index (χ0n) is 27.2. The average molecular weight is 688 g/mol. The normalized spacial score (nSPS) is 24.2. The number of halogens is 4. The van der Waals surface area contributed by atoms with Gasteiger partial charge in [0.1, 0.15) is 11.4 Å². The fourth-order valence-corrected chi connectivity index (χ4v) is 8.15. The van der Waals surface area contributed by atoms with Gasteiger partial charge < -0.3 is 24.8 Å². The first kappa shape index (κ1) is 35.5. The molecule has 0 radical (unpaired) electrons. The summed E-state index contributed by atoms with van der Waals surface area (Å²) in [6.45, 7) is 2.65. The Bertz CT molecular complexity index is 1640. The molecule has 4 aliphatic rings. The number of nitrogens with one attached hydrogen (secondary N) is 1. The molecule has 1 amide bonds. The van der Waals surface area contributed by atoms with Crippen LogP contribution in [-0.4, -0.2) is 60.0 Å². The third kappa shape index (κ3) is 7.12. The van der Waals surface area contributed by atoms with E-state index in [0.717, 1.165) is 49.3 Å². The predicted octanol–water partition coefficient (Wildman–Crippen LogP) is 8.07. The Labute approximate surface area is 284 Å². The van der Waals surface area contributed by atoms with E-state index in [1.807, 2.05) is 50.2 Å². The van der Waals surface area contributed by atoms with E-state index in [1.54, 1.807) is 12.1 Å². The molecule has 2 N–H and O–H groups in total. The molecule has 48 heavy (non-hydrogen) atoms. The number of pyridine rings is 1. The largest absolute Gasteiger partial charge is 0.507 e. The maximum Gasteiger partial charge on any atom is 0.507 e. The van der Waals surface area contributed by atoms with E-state index in [-0.39, 0.29) is 42.3 Å². The predicted molar refractivity (Wildman–Crippen MR) is 177 cm³/mol. The highest BCUT2D eigenvalue weighted by Gasteiger charge is 2.61. The summed E-state index contributed by atoms with van der Waals surface area (Å²) in [6, 6.07) is 14.5. The molecular weight excluding hydrogens is 647 g/mol. The van der Waals surface area contributed by atoms with Gasteiger partial charge in [-0.1, -0.05) is 30.3 Å². The summed E-state index contributed by atoms with van der Waals surface area (Å²) in [5.74, 6) is -0.181. The topological polar surface area (TPSA) is 101 Å². The molecule has 0 aliphatic heterocycles. The number of aryl methyl sites for hydroxylation is 1. The number of benzene rings is 2. The number of carbonyl (C=O) groups excluding carboxylic acids is 1. The van der Waals surface area contributed by atoms with Gasteiger partial charge in [0, 0.05) is 29.5 Å². The molecule has 2 aromatic carbocycles. The molecule has 4 bridgehead atoms. The molecule has 4 aliphatic carbocycles.